The molecule has 0 saturated carbocycles. The number of halogens is 1. The number of hydrogen-bond acceptors (Lipinski definition) is 3. The number of nitrogens with two attached hydrogens (primary N) is 1. The Morgan fingerprint density at radius 2 is 2.40 bits per heavy atom. The molecule has 3 N–H and O–H groups in total. The number of amides is 1. The summed E-state index contributed by atoms with van der Waals surface area (Å²) in [5, 5.41) is 3.19. The van der Waals surface area contributed by atoms with E-state index in [-0.39, 0.29) is 11.8 Å². The topological polar surface area (TPSA) is 55.1 Å². The number of carbonyl (C=O) groups excluding carboxylic acids is 1. The van der Waals surface area contributed by atoms with E-state index in [1.54, 1.807) is 11.3 Å². The molecule has 1 amide bonds. The summed E-state index contributed by atoms with van der Waals surface area (Å²) in [4.78, 5) is 12.0. The number of primary amides is 1. The van der Waals surface area contributed by atoms with Crippen LogP contribution < -0.4 is 11.1 Å². The zero-order valence-electron chi connectivity index (χ0n) is 8.63. The molecule has 5 heteroatoms. The van der Waals surface area contributed by atoms with Crippen molar-refractivity contribution in [1.82, 2.24) is 5.32 Å². The summed E-state index contributed by atoms with van der Waals surface area (Å²) in [5.41, 5.74) is 5.14. The SMILES string of the molecule is CC(CNCCc1ccc(Cl)s1)C(N)=O. The predicted octanol–water partition coefficient (Wildman–Crippen LogP) is 1.66. The lowest BCUT2D eigenvalue weighted by atomic mass is 10.2. The average molecular weight is 247 g/mol. The first-order chi connectivity index (χ1) is 7.09. The lowest BCUT2D eigenvalue weighted by molar-refractivity contribution is -0.121. The van der Waals surface area contributed by atoms with Crippen molar-refractivity contribution in [2.24, 2.45) is 11.7 Å². The average Bonchev–Trinajstić information content (AvgIpc) is 2.58. The van der Waals surface area contributed by atoms with Crippen LogP contribution in [-0.4, -0.2) is 19.0 Å². The van der Waals surface area contributed by atoms with E-state index in [0.717, 1.165) is 17.3 Å². The Kier molecular flexibility index (Phi) is 5.08. The van der Waals surface area contributed by atoms with Crippen molar-refractivity contribution in [3.8, 4) is 0 Å². The molecule has 0 spiro atoms. The lowest BCUT2D eigenvalue weighted by Crippen LogP contribution is -2.31. The van der Waals surface area contributed by atoms with Crippen LogP contribution in [-0.2, 0) is 11.2 Å². The van der Waals surface area contributed by atoms with Gasteiger partial charge in [0.15, 0.2) is 0 Å². The second-order valence-electron chi connectivity index (χ2n) is 3.46. The van der Waals surface area contributed by atoms with Crippen LogP contribution in [0.1, 0.15) is 11.8 Å². The van der Waals surface area contributed by atoms with Gasteiger partial charge in [0.05, 0.1) is 4.34 Å². The highest BCUT2D eigenvalue weighted by Gasteiger charge is 2.07. The van der Waals surface area contributed by atoms with Crippen molar-refractivity contribution in [2.75, 3.05) is 13.1 Å². The molecule has 0 saturated heterocycles. The molecule has 3 nitrogen and oxygen atoms in total. The minimum Gasteiger partial charge on any atom is -0.369 e. The molecule has 0 aliphatic heterocycles. The Labute approximate surface area is 98.6 Å². The number of thiophene rings is 1. The van der Waals surface area contributed by atoms with Gasteiger partial charge in [-0.15, -0.1) is 11.3 Å². The van der Waals surface area contributed by atoms with Gasteiger partial charge in [0.2, 0.25) is 5.91 Å². The van der Waals surface area contributed by atoms with Crippen LogP contribution >= 0.6 is 22.9 Å². The molecule has 0 aliphatic rings. The molecular formula is C10H15ClN2OS. The van der Waals surface area contributed by atoms with Crippen LogP contribution in [0, 0.1) is 5.92 Å². The Morgan fingerprint density at radius 1 is 1.67 bits per heavy atom. The van der Waals surface area contributed by atoms with Crippen molar-refractivity contribution in [3.63, 3.8) is 0 Å². The summed E-state index contributed by atoms with van der Waals surface area (Å²) in [6.07, 6.45) is 0.933. The van der Waals surface area contributed by atoms with Crippen molar-refractivity contribution < 1.29 is 4.79 Å². The van der Waals surface area contributed by atoms with E-state index in [1.165, 1.54) is 4.88 Å². The molecule has 0 aliphatic carbocycles. The highest BCUT2D eigenvalue weighted by atomic mass is 35.5. The Balaban J connectivity index is 2.14. The molecule has 0 radical (unpaired) electrons. The van der Waals surface area contributed by atoms with Crippen molar-refractivity contribution in [1.29, 1.82) is 0 Å². The third-order valence-corrected chi connectivity index (χ3v) is 3.40. The molecule has 1 aromatic rings. The molecule has 0 aromatic carbocycles. The van der Waals surface area contributed by atoms with Crippen molar-refractivity contribution in [2.45, 2.75) is 13.3 Å². The van der Waals surface area contributed by atoms with Gasteiger partial charge in [0.1, 0.15) is 0 Å². The molecule has 0 bridgehead atoms. The highest BCUT2D eigenvalue weighted by Crippen LogP contribution is 2.21. The fraction of sp³-hybridized carbons (Fsp3) is 0.500. The normalized spacial score (nSPS) is 12.7. The van der Waals surface area contributed by atoms with E-state index in [0.29, 0.717) is 6.54 Å². The van der Waals surface area contributed by atoms with Crippen LogP contribution in [0.3, 0.4) is 0 Å². The van der Waals surface area contributed by atoms with Crippen LogP contribution in [0.15, 0.2) is 12.1 Å². The van der Waals surface area contributed by atoms with Gasteiger partial charge in [-0.1, -0.05) is 18.5 Å². The number of hydrogen-bond donors (Lipinski definition) is 2. The fourth-order valence-electron chi connectivity index (χ4n) is 1.12. The molecule has 15 heavy (non-hydrogen) atoms. The van der Waals surface area contributed by atoms with E-state index in [9.17, 15) is 4.79 Å². The molecular weight excluding hydrogens is 232 g/mol. The van der Waals surface area contributed by atoms with Crippen LogP contribution in [0.25, 0.3) is 0 Å². The van der Waals surface area contributed by atoms with E-state index < -0.39 is 0 Å². The van der Waals surface area contributed by atoms with Gasteiger partial charge in [-0.2, -0.15) is 0 Å². The van der Waals surface area contributed by atoms with Gasteiger partial charge < -0.3 is 11.1 Å². The zero-order valence-corrected chi connectivity index (χ0v) is 10.2. The van der Waals surface area contributed by atoms with Gasteiger partial charge >= 0.3 is 0 Å². The Bertz CT molecular complexity index is 327. The van der Waals surface area contributed by atoms with Crippen LogP contribution in [0.4, 0.5) is 0 Å². The second kappa shape index (κ2) is 6.10. The maximum Gasteiger partial charge on any atom is 0.221 e. The summed E-state index contributed by atoms with van der Waals surface area (Å²) in [7, 11) is 0. The molecule has 1 aromatic heterocycles. The van der Waals surface area contributed by atoms with Gasteiger partial charge in [0.25, 0.3) is 0 Å². The summed E-state index contributed by atoms with van der Waals surface area (Å²) >= 11 is 7.39. The van der Waals surface area contributed by atoms with E-state index in [2.05, 4.69) is 5.32 Å². The summed E-state index contributed by atoms with van der Waals surface area (Å²) in [6.45, 7) is 3.29. The van der Waals surface area contributed by atoms with E-state index in [4.69, 9.17) is 17.3 Å². The smallest absolute Gasteiger partial charge is 0.221 e. The minimum absolute atomic E-state index is 0.114. The standard InChI is InChI=1S/C10H15ClN2OS/c1-7(10(12)14)6-13-5-4-8-2-3-9(11)15-8/h2-3,7,13H,4-6H2,1H3,(H2,12,14). The first kappa shape index (κ1) is 12.5. The molecule has 0 fully saturated rings. The number of nitrogens with one attached hydrogen (secondary N) is 1. The monoisotopic (exact) mass is 246 g/mol. The summed E-state index contributed by atoms with van der Waals surface area (Å²) in [5.74, 6) is -0.376. The number of rotatable bonds is 6. The highest BCUT2D eigenvalue weighted by molar-refractivity contribution is 7.16. The van der Waals surface area contributed by atoms with Crippen LogP contribution in [0.5, 0.6) is 0 Å². The first-order valence-electron chi connectivity index (χ1n) is 4.84. The maximum atomic E-state index is 10.7. The predicted molar refractivity (Wildman–Crippen MR) is 64.3 cm³/mol. The van der Waals surface area contributed by atoms with E-state index in [1.807, 2.05) is 19.1 Å². The van der Waals surface area contributed by atoms with Gasteiger partial charge in [-0.3, -0.25) is 4.79 Å². The largest absolute Gasteiger partial charge is 0.369 e. The van der Waals surface area contributed by atoms with E-state index >= 15 is 0 Å². The summed E-state index contributed by atoms with van der Waals surface area (Å²) < 4.78 is 0.815. The van der Waals surface area contributed by atoms with Gasteiger partial charge in [-0.25, -0.2) is 0 Å². The second-order valence-corrected chi connectivity index (χ2v) is 5.26. The Morgan fingerprint density at radius 3 is 2.93 bits per heavy atom. The third kappa shape index (κ3) is 4.64. The van der Waals surface area contributed by atoms with Crippen LogP contribution in [0.2, 0.25) is 4.34 Å². The molecule has 1 rings (SSSR count). The Hall–Kier alpha value is -0.580. The maximum absolute atomic E-state index is 10.7. The number of carbonyl (C=O) groups is 1. The minimum atomic E-state index is -0.262. The molecule has 1 unspecified atom stereocenters. The molecule has 84 valence electrons. The fourth-order valence-corrected chi connectivity index (χ4v) is 2.20. The quantitative estimate of drug-likeness (QED) is 0.750. The molecule has 1 heterocycles. The van der Waals surface area contributed by atoms with Gasteiger partial charge in [0, 0.05) is 17.3 Å². The van der Waals surface area contributed by atoms with Gasteiger partial charge in [-0.05, 0) is 25.1 Å². The molecule has 1 atom stereocenters. The third-order valence-electron chi connectivity index (χ3n) is 2.11. The van der Waals surface area contributed by atoms with Crippen molar-refractivity contribution >= 4 is 28.8 Å². The van der Waals surface area contributed by atoms with Crippen molar-refractivity contribution in [3.05, 3.63) is 21.3 Å². The first-order valence-corrected chi connectivity index (χ1v) is 6.03. The lowest BCUT2D eigenvalue weighted by Gasteiger charge is -2.07. The zero-order chi connectivity index (χ0) is 11.3. The summed E-state index contributed by atoms with van der Waals surface area (Å²) in [6, 6.07) is 3.92.